The molecule has 28 heavy (non-hydrogen) atoms. The Bertz CT molecular complexity index is 996. The smallest absolute Gasteiger partial charge is 0.244 e. The molecule has 1 N–H and O–H groups in total. The molecule has 0 aliphatic heterocycles. The Balaban J connectivity index is 1.71. The van der Waals surface area contributed by atoms with Crippen LogP contribution >= 0.6 is 0 Å². The maximum Gasteiger partial charge on any atom is 0.244 e. The van der Waals surface area contributed by atoms with E-state index in [1.807, 2.05) is 24.3 Å². The predicted octanol–water partition coefficient (Wildman–Crippen LogP) is 5.06. The van der Waals surface area contributed by atoms with E-state index in [1.54, 1.807) is 13.0 Å². The van der Waals surface area contributed by atoms with Crippen LogP contribution in [0.25, 0.3) is 17.2 Å². The number of benzene rings is 2. The van der Waals surface area contributed by atoms with Crippen molar-refractivity contribution >= 4 is 12.0 Å². The molecule has 0 saturated heterocycles. The first-order valence-corrected chi connectivity index (χ1v) is 8.58. The molecule has 0 aliphatic rings. The van der Waals surface area contributed by atoms with E-state index in [0.29, 0.717) is 0 Å². The standard InChI is InChI=1S/C22H17F3N2O/c1-14(27-22(28)11-9-18-19(23)6-3-7-20(18)24)15-4-2-5-16(12-15)17-8-10-21(25)26-13-17/h2-14H,1H3,(H,27,28)/t14-/m0/s1. The summed E-state index contributed by atoms with van der Waals surface area (Å²) in [5.74, 6) is -2.52. The number of rotatable bonds is 5. The molecule has 0 fully saturated rings. The van der Waals surface area contributed by atoms with Gasteiger partial charge in [0.15, 0.2) is 0 Å². The Morgan fingerprint density at radius 3 is 2.39 bits per heavy atom. The summed E-state index contributed by atoms with van der Waals surface area (Å²) in [6.07, 6.45) is 3.63. The molecule has 3 nitrogen and oxygen atoms in total. The Kier molecular flexibility index (Phi) is 5.89. The molecule has 1 atom stereocenters. The van der Waals surface area contributed by atoms with Crippen molar-refractivity contribution in [3.8, 4) is 11.1 Å². The molecular formula is C22H17F3N2O. The number of nitrogens with one attached hydrogen (secondary N) is 1. The molecule has 142 valence electrons. The average Bonchev–Trinajstić information content (AvgIpc) is 2.68. The van der Waals surface area contributed by atoms with Gasteiger partial charge in [-0.3, -0.25) is 4.79 Å². The summed E-state index contributed by atoms with van der Waals surface area (Å²) < 4.78 is 40.2. The third kappa shape index (κ3) is 4.65. The van der Waals surface area contributed by atoms with E-state index >= 15 is 0 Å². The Morgan fingerprint density at radius 2 is 1.71 bits per heavy atom. The minimum absolute atomic E-state index is 0.267. The van der Waals surface area contributed by atoms with Crippen molar-refractivity contribution in [3.63, 3.8) is 0 Å². The van der Waals surface area contributed by atoms with Gasteiger partial charge in [0, 0.05) is 23.4 Å². The molecule has 0 bridgehead atoms. The number of pyridine rings is 1. The van der Waals surface area contributed by atoms with Gasteiger partial charge in [0.05, 0.1) is 6.04 Å². The second-order valence-electron chi connectivity index (χ2n) is 6.19. The summed E-state index contributed by atoms with van der Waals surface area (Å²) in [6.45, 7) is 1.79. The predicted molar refractivity (Wildman–Crippen MR) is 102 cm³/mol. The number of hydrogen-bond acceptors (Lipinski definition) is 2. The lowest BCUT2D eigenvalue weighted by molar-refractivity contribution is -0.117. The van der Waals surface area contributed by atoms with Crippen LogP contribution in [0.5, 0.6) is 0 Å². The third-order valence-corrected chi connectivity index (χ3v) is 4.21. The molecule has 0 radical (unpaired) electrons. The van der Waals surface area contributed by atoms with Crippen LogP contribution in [0.4, 0.5) is 13.2 Å². The summed E-state index contributed by atoms with van der Waals surface area (Å²) in [4.78, 5) is 15.8. The molecule has 0 spiro atoms. The third-order valence-electron chi connectivity index (χ3n) is 4.21. The molecular weight excluding hydrogens is 365 g/mol. The number of nitrogens with zero attached hydrogens (tertiary/aromatic N) is 1. The minimum atomic E-state index is -0.738. The van der Waals surface area contributed by atoms with E-state index in [2.05, 4.69) is 10.3 Å². The maximum absolute atomic E-state index is 13.6. The fraction of sp³-hybridized carbons (Fsp3) is 0.0909. The van der Waals surface area contributed by atoms with Gasteiger partial charge in [0.1, 0.15) is 11.6 Å². The fourth-order valence-corrected chi connectivity index (χ4v) is 2.71. The van der Waals surface area contributed by atoms with Crippen LogP contribution in [-0.4, -0.2) is 10.9 Å². The van der Waals surface area contributed by atoms with Gasteiger partial charge in [-0.25, -0.2) is 13.8 Å². The minimum Gasteiger partial charge on any atom is -0.346 e. The zero-order valence-corrected chi connectivity index (χ0v) is 15.0. The molecule has 3 aromatic rings. The average molecular weight is 382 g/mol. The van der Waals surface area contributed by atoms with Crippen molar-refractivity contribution in [2.75, 3.05) is 0 Å². The van der Waals surface area contributed by atoms with Gasteiger partial charge in [-0.15, -0.1) is 0 Å². The van der Waals surface area contributed by atoms with E-state index in [4.69, 9.17) is 0 Å². The van der Waals surface area contributed by atoms with Crippen LogP contribution in [0.3, 0.4) is 0 Å². The summed E-state index contributed by atoms with van der Waals surface area (Å²) in [7, 11) is 0. The summed E-state index contributed by atoms with van der Waals surface area (Å²) in [6, 6.07) is 13.4. The van der Waals surface area contributed by atoms with Crippen LogP contribution in [0.1, 0.15) is 24.1 Å². The quantitative estimate of drug-likeness (QED) is 0.495. The Labute approximate surface area is 160 Å². The lowest BCUT2D eigenvalue weighted by Crippen LogP contribution is -2.24. The number of hydrogen-bond donors (Lipinski definition) is 1. The first-order chi connectivity index (χ1) is 13.4. The Hall–Kier alpha value is -3.41. The van der Waals surface area contributed by atoms with Crippen molar-refractivity contribution in [2.45, 2.75) is 13.0 Å². The van der Waals surface area contributed by atoms with Gasteiger partial charge in [0.25, 0.3) is 0 Å². The zero-order valence-electron chi connectivity index (χ0n) is 15.0. The maximum atomic E-state index is 13.6. The van der Waals surface area contributed by atoms with E-state index in [0.717, 1.165) is 41.0 Å². The molecule has 3 rings (SSSR count). The van der Waals surface area contributed by atoms with Crippen molar-refractivity contribution < 1.29 is 18.0 Å². The summed E-state index contributed by atoms with van der Waals surface area (Å²) in [5.41, 5.74) is 2.13. The number of halogens is 3. The highest BCUT2D eigenvalue weighted by Crippen LogP contribution is 2.23. The van der Waals surface area contributed by atoms with E-state index in [-0.39, 0.29) is 11.6 Å². The van der Waals surface area contributed by atoms with Crippen molar-refractivity contribution in [1.82, 2.24) is 10.3 Å². The number of carbonyl (C=O) groups excluding carboxylic acids is 1. The highest BCUT2D eigenvalue weighted by atomic mass is 19.1. The second-order valence-corrected chi connectivity index (χ2v) is 6.19. The normalized spacial score (nSPS) is 12.1. The van der Waals surface area contributed by atoms with Crippen LogP contribution in [0, 0.1) is 17.6 Å². The molecule has 1 heterocycles. The highest BCUT2D eigenvalue weighted by molar-refractivity contribution is 5.92. The van der Waals surface area contributed by atoms with Crippen LogP contribution in [-0.2, 0) is 4.79 Å². The van der Waals surface area contributed by atoms with Gasteiger partial charge >= 0.3 is 0 Å². The van der Waals surface area contributed by atoms with Gasteiger partial charge in [0.2, 0.25) is 11.9 Å². The van der Waals surface area contributed by atoms with E-state index < -0.39 is 23.5 Å². The molecule has 1 aromatic heterocycles. The van der Waals surface area contributed by atoms with Crippen LogP contribution in [0.2, 0.25) is 0 Å². The highest BCUT2D eigenvalue weighted by Gasteiger charge is 2.10. The molecule has 6 heteroatoms. The molecule has 1 amide bonds. The molecule has 2 aromatic carbocycles. The molecule has 0 saturated carbocycles. The number of carbonyl (C=O) groups is 1. The fourth-order valence-electron chi connectivity index (χ4n) is 2.71. The first kappa shape index (κ1) is 19.4. The van der Waals surface area contributed by atoms with Gasteiger partial charge in [-0.2, -0.15) is 4.39 Å². The number of amides is 1. The molecule has 0 aliphatic carbocycles. The molecule has 0 unspecified atom stereocenters. The largest absolute Gasteiger partial charge is 0.346 e. The van der Waals surface area contributed by atoms with Gasteiger partial charge in [-0.05, 0) is 54.5 Å². The van der Waals surface area contributed by atoms with Crippen molar-refractivity contribution in [2.24, 2.45) is 0 Å². The summed E-state index contributed by atoms with van der Waals surface area (Å²) >= 11 is 0. The second kappa shape index (κ2) is 8.52. The first-order valence-electron chi connectivity index (χ1n) is 8.58. The topological polar surface area (TPSA) is 42.0 Å². The van der Waals surface area contributed by atoms with E-state index in [1.165, 1.54) is 18.3 Å². The van der Waals surface area contributed by atoms with Crippen LogP contribution < -0.4 is 5.32 Å². The van der Waals surface area contributed by atoms with Crippen LogP contribution in [0.15, 0.2) is 66.9 Å². The Morgan fingerprint density at radius 1 is 1.00 bits per heavy atom. The van der Waals surface area contributed by atoms with Gasteiger partial charge < -0.3 is 5.32 Å². The monoisotopic (exact) mass is 382 g/mol. The lowest BCUT2D eigenvalue weighted by Gasteiger charge is -2.14. The zero-order chi connectivity index (χ0) is 20.1. The summed E-state index contributed by atoms with van der Waals surface area (Å²) in [5, 5.41) is 2.75. The number of aromatic nitrogens is 1. The van der Waals surface area contributed by atoms with Gasteiger partial charge in [-0.1, -0.05) is 24.3 Å². The SMILES string of the molecule is C[C@H](NC(=O)C=Cc1c(F)cccc1F)c1cccc(-c2ccc(F)nc2)c1. The lowest BCUT2D eigenvalue weighted by atomic mass is 10.0. The van der Waals surface area contributed by atoms with Crippen molar-refractivity contribution in [1.29, 1.82) is 0 Å². The van der Waals surface area contributed by atoms with E-state index in [9.17, 15) is 18.0 Å². The van der Waals surface area contributed by atoms with Crippen molar-refractivity contribution in [3.05, 3.63) is 95.6 Å².